The number of amides is 2. The number of halogens is 3. The maximum atomic E-state index is 15.2. The molecular formula is C25H28BrF2N5O5. The van der Waals surface area contributed by atoms with Gasteiger partial charge in [-0.15, -0.1) is 0 Å². The van der Waals surface area contributed by atoms with Gasteiger partial charge in [-0.05, 0) is 37.3 Å². The lowest BCUT2D eigenvalue weighted by Crippen LogP contribution is -2.42. The molecule has 1 atom stereocenters. The van der Waals surface area contributed by atoms with Crippen LogP contribution in [0.4, 0.5) is 20.2 Å². The Morgan fingerprint density at radius 2 is 1.79 bits per heavy atom. The molecule has 0 radical (unpaired) electrons. The second kappa shape index (κ2) is 10.1. The first-order valence-corrected chi connectivity index (χ1v) is 12.9. The van der Waals surface area contributed by atoms with Crippen LogP contribution in [0.1, 0.15) is 53.1 Å². The predicted octanol–water partition coefficient (Wildman–Crippen LogP) is 4.19. The number of benzene rings is 1. The quantitative estimate of drug-likeness (QED) is 0.394. The number of carbonyl (C=O) groups is 2. The van der Waals surface area contributed by atoms with Gasteiger partial charge in [0.05, 0.1) is 17.0 Å². The van der Waals surface area contributed by atoms with Gasteiger partial charge in [0.2, 0.25) is 5.56 Å². The first kappa shape index (κ1) is 27.7. The van der Waals surface area contributed by atoms with E-state index in [1.54, 1.807) is 11.8 Å². The molecule has 2 N–H and O–H groups in total. The molecule has 204 valence electrons. The summed E-state index contributed by atoms with van der Waals surface area (Å²) in [6.07, 6.45) is 1.47. The Morgan fingerprint density at radius 1 is 1.13 bits per heavy atom. The number of aromatic nitrogens is 1. The molecule has 0 saturated carbocycles. The van der Waals surface area contributed by atoms with E-state index in [2.05, 4.69) is 40.1 Å². The van der Waals surface area contributed by atoms with Gasteiger partial charge < -0.3 is 20.1 Å². The highest BCUT2D eigenvalue weighted by atomic mass is 79.9. The molecule has 13 heteroatoms. The van der Waals surface area contributed by atoms with Gasteiger partial charge in [-0.1, -0.05) is 29.8 Å². The number of carbonyl (C=O) groups excluding carboxylic acids is 2. The lowest BCUT2D eigenvalue weighted by molar-refractivity contribution is -0.384. The fourth-order valence-corrected chi connectivity index (χ4v) is 5.24. The van der Waals surface area contributed by atoms with Crippen molar-refractivity contribution in [2.75, 3.05) is 31.5 Å². The summed E-state index contributed by atoms with van der Waals surface area (Å²) in [6, 6.07) is 3.24. The summed E-state index contributed by atoms with van der Waals surface area (Å²) in [6.45, 7) is 5.17. The minimum Gasteiger partial charge on any atom is -0.369 e. The molecule has 0 spiro atoms. The molecule has 1 aromatic carbocycles. The molecular weight excluding hydrogens is 568 g/mol. The Balaban J connectivity index is 1.65. The minimum atomic E-state index is -3.47. The van der Waals surface area contributed by atoms with Gasteiger partial charge in [0.15, 0.2) is 0 Å². The van der Waals surface area contributed by atoms with E-state index in [4.69, 9.17) is 0 Å². The van der Waals surface area contributed by atoms with E-state index >= 15 is 8.78 Å². The number of anilines is 1. The number of nitro benzene ring substituents is 1. The molecule has 1 aromatic heterocycles. The Morgan fingerprint density at radius 3 is 2.39 bits per heavy atom. The minimum absolute atomic E-state index is 0.0405. The molecule has 2 fully saturated rings. The van der Waals surface area contributed by atoms with Crippen molar-refractivity contribution < 1.29 is 23.3 Å². The summed E-state index contributed by atoms with van der Waals surface area (Å²) in [5.74, 6) is -4.73. The number of nitrogens with zero attached hydrogens (tertiary/aromatic N) is 3. The van der Waals surface area contributed by atoms with E-state index in [0.717, 1.165) is 29.9 Å². The van der Waals surface area contributed by atoms with Crippen LogP contribution in [0.5, 0.6) is 0 Å². The van der Waals surface area contributed by atoms with E-state index < -0.39 is 53.0 Å². The Kier molecular flexibility index (Phi) is 7.34. The molecule has 2 aromatic rings. The number of pyridine rings is 1. The van der Waals surface area contributed by atoms with Crippen LogP contribution < -0.4 is 10.9 Å². The average molecular weight is 596 g/mol. The molecule has 4 rings (SSSR count). The monoisotopic (exact) mass is 595 g/mol. The van der Waals surface area contributed by atoms with Crippen LogP contribution in [-0.4, -0.2) is 69.7 Å². The number of hydrogen-bond donors (Lipinski definition) is 2. The van der Waals surface area contributed by atoms with Crippen LogP contribution in [0.3, 0.4) is 0 Å². The summed E-state index contributed by atoms with van der Waals surface area (Å²) in [7, 11) is 0. The van der Waals surface area contributed by atoms with Crippen LogP contribution in [0, 0.1) is 22.5 Å². The number of H-pyrrole nitrogens is 1. The third-order valence-corrected chi connectivity index (χ3v) is 7.52. The van der Waals surface area contributed by atoms with Crippen LogP contribution in [0.25, 0.3) is 0 Å². The molecule has 2 aliphatic heterocycles. The zero-order valence-corrected chi connectivity index (χ0v) is 22.7. The summed E-state index contributed by atoms with van der Waals surface area (Å²) >= 11 is 3.20. The maximum Gasteiger partial charge on any atom is 0.294 e. The predicted molar refractivity (Wildman–Crippen MR) is 140 cm³/mol. The summed E-state index contributed by atoms with van der Waals surface area (Å²) < 4.78 is 30.6. The lowest BCUT2D eigenvalue weighted by atomic mass is 9.82. The maximum absolute atomic E-state index is 15.2. The number of alkyl halides is 2. The molecule has 3 heterocycles. The van der Waals surface area contributed by atoms with Crippen molar-refractivity contribution in [1.82, 2.24) is 14.8 Å². The van der Waals surface area contributed by atoms with Gasteiger partial charge in [0.25, 0.3) is 23.4 Å². The van der Waals surface area contributed by atoms with Crippen molar-refractivity contribution in [2.24, 2.45) is 5.41 Å². The van der Waals surface area contributed by atoms with Crippen molar-refractivity contribution in [3.05, 3.63) is 66.0 Å². The Hall–Kier alpha value is -3.35. The smallest absolute Gasteiger partial charge is 0.294 e. The normalized spacial score (nSPS) is 20.3. The number of rotatable bonds is 5. The summed E-state index contributed by atoms with van der Waals surface area (Å²) in [5.41, 5.74) is -1.09. The molecule has 0 aliphatic carbocycles. The third-order valence-electron chi connectivity index (χ3n) is 7.06. The lowest BCUT2D eigenvalue weighted by Gasteiger charge is -2.37. The van der Waals surface area contributed by atoms with Gasteiger partial charge in [-0.2, -0.15) is 0 Å². The number of likely N-dealkylation sites (tertiary alicyclic amines) is 2. The van der Waals surface area contributed by atoms with Crippen molar-refractivity contribution in [2.45, 2.75) is 45.6 Å². The number of piperidine rings is 1. The molecule has 1 unspecified atom stereocenters. The fourth-order valence-electron chi connectivity index (χ4n) is 4.79. The highest BCUT2D eigenvalue weighted by Gasteiger charge is 2.51. The van der Waals surface area contributed by atoms with Crippen LogP contribution in [-0.2, 0) is 0 Å². The highest BCUT2D eigenvalue weighted by molar-refractivity contribution is 9.10. The Labute approximate surface area is 225 Å². The topological polar surface area (TPSA) is 129 Å². The number of aryl methyl sites for hydroxylation is 1. The number of nitro groups is 1. The van der Waals surface area contributed by atoms with Crippen molar-refractivity contribution in [3.8, 4) is 0 Å². The molecule has 10 nitrogen and oxygen atoms in total. The van der Waals surface area contributed by atoms with Crippen LogP contribution in [0.15, 0.2) is 33.5 Å². The number of aromatic amines is 1. The van der Waals surface area contributed by atoms with E-state index in [1.165, 1.54) is 12.1 Å². The third kappa shape index (κ3) is 5.71. The zero-order chi connectivity index (χ0) is 28.0. The summed E-state index contributed by atoms with van der Waals surface area (Å²) in [5, 5.41) is 14.5. The van der Waals surface area contributed by atoms with Crippen molar-refractivity contribution in [3.63, 3.8) is 0 Å². The van der Waals surface area contributed by atoms with Crippen LogP contribution >= 0.6 is 15.9 Å². The first-order chi connectivity index (χ1) is 17.7. The molecule has 2 aliphatic rings. The Bertz CT molecular complexity index is 1350. The van der Waals surface area contributed by atoms with Gasteiger partial charge in [-0.25, -0.2) is 8.78 Å². The molecule has 38 heavy (non-hydrogen) atoms. The molecule has 0 bridgehead atoms. The average Bonchev–Trinajstić information content (AvgIpc) is 3.12. The molecule has 2 saturated heterocycles. The standard InChI is InChI=1S/C25H28BrF2N5O5/c1-14-8-15(9-20(34)29-14)22(35)32-12-19(25(27,28)13-32)30-21-17(10-16(26)11-18(21)33(37)38)23(36)31-6-4-24(2,3)5-7-31/h8-11,19,30H,4-7,12-13H2,1-3H3,(H,29,34). The first-order valence-electron chi connectivity index (χ1n) is 12.1. The van der Waals surface area contributed by atoms with Gasteiger partial charge >= 0.3 is 0 Å². The van der Waals surface area contributed by atoms with E-state index in [0.29, 0.717) is 18.8 Å². The zero-order valence-electron chi connectivity index (χ0n) is 21.1. The van der Waals surface area contributed by atoms with E-state index in [-0.39, 0.29) is 26.7 Å². The van der Waals surface area contributed by atoms with Crippen molar-refractivity contribution >= 4 is 39.1 Å². The second-order valence-electron chi connectivity index (χ2n) is 10.6. The number of nitrogens with one attached hydrogen (secondary N) is 2. The number of hydrogen-bond acceptors (Lipinski definition) is 6. The molecule has 2 amide bonds. The highest BCUT2D eigenvalue weighted by Crippen LogP contribution is 2.39. The van der Waals surface area contributed by atoms with Gasteiger partial charge in [-0.3, -0.25) is 24.5 Å². The second-order valence-corrected chi connectivity index (χ2v) is 11.5. The van der Waals surface area contributed by atoms with Gasteiger partial charge in [0.1, 0.15) is 11.7 Å². The largest absolute Gasteiger partial charge is 0.369 e. The van der Waals surface area contributed by atoms with Crippen LogP contribution in [0.2, 0.25) is 0 Å². The SMILES string of the molecule is Cc1cc(C(=O)N2CC(Nc3c(C(=O)N4CCC(C)(C)CC4)cc(Br)cc3[N+](=O)[O-])C(F)(F)C2)cc(=O)[nH]1. The van der Waals surface area contributed by atoms with E-state index in [9.17, 15) is 24.5 Å². The fraction of sp³-hybridized carbons (Fsp3) is 0.480. The summed E-state index contributed by atoms with van der Waals surface area (Å²) in [4.78, 5) is 54.3. The van der Waals surface area contributed by atoms with Crippen molar-refractivity contribution in [1.29, 1.82) is 0 Å². The van der Waals surface area contributed by atoms with Gasteiger partial charge in [0, 0.05) is 47.5 Å². The van der Waals surface area contributed by atoms with E-state index in [1.807, 2.05) is 0 Å².